The van der Waals surface area contributed by atoms with Crippen LogP contribution in [0.4, 0.5) is 0 Å². The van der Waals surface area contributed by atoms with E-state index in [1.54, 1.807) is 20.1 Å². The molecule has 21 heavy (non-hydrogen) atoms. The van der Waals surface area contributed by atoms with Crippen molar-refractivity contribution in [2.75, 3.05) is 13.7 Å². The molecule has 0 aromatic heterocycles. The minimum atomic E-state index is -0.656. The van der Waals surface area contributed by atoms with Crippen LogP contribution in [0.25, 0.3) is 0 Å². The van der Waals surface area contributed by atoms with E-state index in [-0.39, 0.29) is 5.91 Å². The average molecular weight is 288 g/mol. The second-order valence-corrected chi connectivity index (χ2v) is 5.16. The SMILES string of the molecule is COc1cccc2c1CC1=C(O2)C(=O)N(C(C)C(N)=O)C1. The Labute approximate surface area is 122 Å². The maximum absolute atomic E-state index is 12.4. The molecule has 2 N–H and O–H groups in total. The highest BCUT2D eigenvalue weighted by atomic mass is 16.5. The number of benzene rings is 1. The number of nitrogens with zero attached hydrogens (tertiary/aromatic N) is 1. The number of carbonyl (C=O) groups is 2. The Morgan fingerprint density at radius 2 is 2.24 bits per heavy atom. The van der Waals surface area contributed by atoms with Crippen molar-refractivity contribution in [2.45, 2.75) is 19.4 Å². The van der Waals surface area contributed by atoms with E-state index in [9.17, 15) is 9.59 Å². The van der Waals surface area contributed by atoms with Crippen LogP contribution >= 0.6 is 0 Å². The zero-order valence-electron chi connectivity index (χ0n) is 11.9. The summed E-state index contributed by atoms with van der Waals surface area (Å²) in [6.45, 7) is 1.97. The quantitative estimate of drug-likeness (QED) is 0.883. The van der Waals surface area contributed by atoms with Gasteiger partial charge in [-0.3, -0.25) is 9.59 Å². The number of ether oxygens (including phenoxy) is 2. The lowest BCUT2D eigenvalue weighted by atomic mass is 10.0. The molecule has 2 heterocycles. The van der Waals surface area contributed by atoms with Gasteiger partial charge in [-0.15, -0.1) is 0 Å². The van der Waals surface area contributed by atoms with Gasteiger partial charge in [0.15, 0.2) is 5.76 Å². The Morgan fingerprint density at radius 3 is 2.90 bits per heavy atom. The largest absolute Gasteiger partial charge is 0.496 e. The van der Waals surface area contributed by atoms with E-state index in [1.807, 2.05) is 12.1 Å². The number of fused-ring (bicyclic) bond motifs is 1. The molecule has 0 aliphatic carbocycles. The molecule has 0 radical (unpaired) electrons. The number of hydrogen-bond donors (Lipinski definition) is 1. The monoisotopic (exact) mass is 288 g/mol. The zero-order chi connectivity index (χ0) is 15.1. The molecule has 0 spiro atoms. The fourth-order valence-corrected chi connectivity index (χ4v) is 2.68. The van der Waals surface area contributed by atoms with Gasteiger partial charge in [-0.2, -0.15) is 0 Å². The van der Waals surface area contributed by atoms with Crippen LogP contribution in [0, 0.1) is 0 Å². The Bertz CT molecular complexity index is 666. The maximum atomic E-state index is 12.4. The van der Waals surface area contributed by atoms with Crippen LogP contribution in [0.3, 0.4) is 0 Å². The first kappa shape index (κ1) is 13.5. The minimum absolute atomic E-state index is 0.287. The molecule has 1 aromatic rings. The summed E-state index contributed by atoms with van der Waals surface area (Å²) in [5.41, 5.74) is 7.05. The van der Waals surface area contributed by atoms with Crippen LogP contribution < -0.4 is 15.2 Å². The van der Waals surface area contributed by atoms with Crippen LogP contribution in [0.5, 0.6) is 11.5 Å². The van der Waals surface area contributed by atoms with Gasteiger partial charge < -0.3 is 20.1 Å². The third kappa shape index (κ3) is 2.03. The van der Waals surface area contributed by atoms with Crippen molar-refractivity contribution >= 4 is 11.8 Å². The van der Waals surface area contributed by atoms with Crippen molar-refractivity contribution in [2.24, 2.45) is 5.73 Å². The van der Waals surface area contributed by atoms with Crippen molar-refractivity contribution in [1.29, 1.82) is 0 Å². The number of hydrogen-bond acceptors (Lipinski definition) is 4. The Kier molecular flexibility index (Phi) is 3.08. The van der Waals surface area contributed by atoms with Crippen molar-refractivity contribution in [3.63, 3.8) is 0 Å². The van der Waals surface area contributed by atoms with E-state index in [0.29, 0.717) is 24.5 Å². The molecular weight excluding hydrogens is 272 g/mol. The third-order valence-electron chi connectivity index (χ3n) is 3.93. The van der Waals surface area contributed by atoms with Crippen molar-refractivity contribution < 1.29 is 19.1 Å². The van der Waals surface area contributed by atoms with E-state index in [4.69, 9.17) is 15.2 Å². The van der Waals surface area contributed by atoms with Crippen molar-refractivity contribution in [3.8, 4) is 11.5 Å². The van der Waals surface area contributed by atoms with Gasteiger partial charge in [0.25, 0.3) is 5.91 Å². The number of rotatable bonds is 3. The lowest BCUT2D eigenvalue weighted by molar-refractivity contribution is -0.135. The molecule has 0 fully saturated rings. The summed E-state index contributed by atoms with van der Waals surface area (Å²) in [6, 6.07) is 4.81. The summed E-state index contributed by atoms with van der Waals surface area (Å²) >= 11 is 0. The molecule has 110 valence electrons. The topological polar surface area (TPSA) is 81.9 Å². The highest BCUT2D eigenvalue weighted by Crippen LogP contribution is 2.39. The molecule has 2 aliphatic rings. The normalized spacial score (nSPS) is 18.0. The molecule has 1 unspecified atom stereocenters. The number of carbonyl (C=O) groups excluding carboxylic acids is 2. The van der Waals surface area contributed by atoms with Gasteiger partial charge in [-0.05, 0) is 19.1 Å². The first-order valence-corrected chi connectivity index (χ1v) is 6.69. The van der Waals surface area contributed by atoms with Crippen LogP contribution in [-0.2, 0) is 16.0 Å². The summed E-state index contributed by atoms with van der Waals surface area (Å²) in [5.74, 6) is 0.842. The Hall–Kier alpha value is -2.50. The number of amides is 2. The molecule has 6 heteroatoms. The summed E-state index contributed by atoms with van der Waals surface area (Å²) < 4.78 is 11.1. The highest BCUT2D eigenvalue weighted by molar-refractivity contribution is 5.99. The molecule has 3 rings (SSSR count). The number of primary amides is 1. The fraction of sp³-hybridized carbons (Fsp3) is 0.333. The predicted molar refractivity (Wildman–Crippen MR) is 74.7 cm³/mol. The lowest BCUT2D eigenvalue weighted by Crippen LogP contribution is -2.44. The first-order chi connectivity index (χ1) is 10.0. The first-order valence-electron chi connectivity index (χ1n) is 6.69. The maximum Gasteiger partial charge on any atom is 0.290 e. The molecule has 2 aliphatic heterocycles. The molecule has 0 bridgehead atoms. The molecule has 2 amide bonds. The van der Waals surface area contributed by atoms with E-state index < -0.39 is 11.9 Å². The summed E-state index contributed by atoms with van der Waals surface area (Å²) in [7, 11) is 1.60. The summed E-state index contributed by atoms with van der Waals surface area (Å²) in [4.78, 5) is 25.1. The van der Waals surface area contributed by atoms with Crippen molar-refractivity contribution in [3.05, 3.63) is 35.1 Å². The zero-order valence-corrected chi connectivity index (χ0v) is 11.9. The molecule has 1 atom stereocenters. The van der Waals surface area contributed by atoms with Gasteiger partial charge in [-0.1, -0.05) is 6.07 Å². The fourth-order valence-electron chi connectivity index (χ4n) is 2.68. The predicted octanol–water partition coefficient (Wildman–Crippen LogP) is 0.600. The highest BCUT2D eigenvalue weighted by Gasteiger charge is 2.39. The van der Waals surface area contributed by atoms with Gasteiger partial charge in [0.05, 0.1) is 7.11 Å². The van der Waals surface area contributed by atoms with Gasteiger partial charge in [0, 0.05) is 24.1 Å². The smallest absolute Gasteiger partial charge is 0.290 e. The van der Waals surface area contributed by atoms with Gasteiger partial charge in [-0.25, -0.2) is 0 Å². The van der Waals surface area contributed by atoms with Gasteiger partial charge in [0.2, 0.25) is 5.91 Å². The number of nitrogens with two attached hydrogens (primary N) is 1. The van der Waals surface area contributed by atoms with Crippen LogP contribution in [0.1, 0.15) is 12.5 Å². The number of methoxy groups -OCH3 is 1. The molecule has 1 aromatic carbocycles. The molecular formula is C15H16N2O4. The third-order valence-corrected chi connectivity index (χ3v) is 3.93. The van der Waals surface area contributed by atoms with Crippen LogP contribution in [-0.4, -0.2) is 36.4 Å². The van der Waals surface area contributed by atoms with Crippen LogP contribution in [0.15, 0.2) is 29.5 Å². The minimum Gasteiger partial charge on any atom is -0.496 e. The average Bonchev–Trinajstić information content (AvgIpc) is 2.80. The van der Waals surface area contributed by atoms with E-state index in [0.717, 1.165) is 16.9 Å². The van der Waals surface area contributed by atoms with Gasteiger partial charge >= 0.3 is 0 Å². The molecule has 0 saturated heterocycles. The summed E-state index contributed by atoms with van der Waals surface area (Å²) in [6.07, 6.45) is 0.572. The standard InChI is InChI=1S/C15H16N2O4/c1-8(14(16)18)17-7-9-6-10-11(20-2)4-3-5-12(10)21-13(9)15(17)19/h3-5,8H,6-7H2,1-2H3,(H2,16,18). The van der Waals surface area contributed by atoms with E-state index in [1.165, 1.54) is 4.90 Å². The Balaban J connectivity index is 1.91. The van der Waals surface area contributed by atoms with E-state index in [2.05, 4.69) is 0 Å². The second-order valence-electron chi connectivity index (χ2n) is 5.16. The van der Waals surface area contributed by atoms with Crippen molar-refractivity contribution in [1.82, 2.24) is 4.90 Å². The molecule has 6 nitrogen and oxygen atoms in total. The van der Waals surface area contributed by atoms with Crippen LogP contribution in [0.2, 0.25) is 0 Å². The lowest BCUT2D eigenvalue weighted by Gasteiger charge is -2.21. The van der Waals surface area contributed by atoms with E-state index >= 15 is 0 Å². The summed E-state index contributed by atoms with van der Waals surface area (Å²) in [5, 5.41) is 0. The second kappa shape index (κ2) is 4.80. The molecule has 0 saturated carbocycles. The Morgan fingerprint density at radius 1 is 1.48 bits per heavy atom. The van der Waals surface area contributed by atoms with Gasteiger partial charge in [0.1, 0.15) is 17.5 Å².